The molecule has 2 bridgehead atoms. The number of ether oxygens (including phenoxy) is 4. The molecular weight excluding hydrogens is 831 g/mol. The van der Waals surface area contributed by atoms with Crippen molar-refractivity contribution in [1.82, 2.24) is 0 Å². The highest BCUT2D eigenvalue weighted by Crippen LogP contribution is 2.38. The molecule has 2 fully saturated rings. The molecule has 0 radical (unpaired) electrons. The Kier molecular flexibility index (Phi) is 23.5. The fourth-order valence-corrected chi connectivity index (χ4v) is 8.04. The predicted molar refractivity (Wildman–Crippen MR) is 239 cm³/mol. The summed E-state index contributed by atoms with van der Waals surface area (Å²) in [7, 11) is 0. The first-order valence-corrected chi connectivity index (χ1v) is 22.6. The molecule has 11 N–H and O–H groups in total. The molecule has 16 nitrogen and oxygen atoms in total. The Morgan fingerprint density at radius 2 is 1.27 bits per heavy atom. The Morgan fingerprint density at radius 3 is 1.86 bits per heavy atom. The van der Waals surface area contributed by atoms with Gasteiger partial charge in [-0.05, 0) is 51.9 Å². The molecule has 0 spiro atoms. The third kappa shape index (κ3) is 18.1. The molecule has 0 aliphatic carbocycles. The van der Waals surface area contributed by atoms with E-state index in [2.05, 4.69) is 0 Å². The third-order valence-corrected chi connectivity index (χ3v) is 12.5. The minimum atomic E-state index is -2.01. The fraction of sp³-hybridized carbons (Fsp3) is 0.667. The smallest absolute Gasteiger partial charge is 0.311 e. The summed E-state index contributed by atoms with van der Waals surface area (Å²) in [6.07, 6.45) is 10.7. The van der Waals surface area contributed by atoms with Crippen molar-refractivity contribution in [2.75, 3.05) is 0 Å². The van der Waals surface area contributed by atoms with Crippen LogP contribution in [0.2, 0.25) is 0 Å². The number of fused-ring (bicyclic) bond motifs is 2. The highest BCUT2D eigenvalue weighted by Gasteiger charge is 2.50. The summed E-state index contributed by atoms with van der Waals surface area (Å²) in [5.74, 6) is -6.39. The van der Waals surface area contributed by atoms with Gasteiger partial charge in [0.15, 0.2) is 12.1 Å². The molecule has 3 aliphatic rings. The van der Waals surface area contributed by atoms with E-state index in [1.807, 2.05) is 68.5 Å². The first-order valence-electron chi connectivity index (χ1n) is 22.6. The fourth-order valence-electron chi connectivity index (χ4n) is 8.04. The van der Waals surface area contributed by atoms with Crippen LogP contribution in [-0.4, -0.2) is 143 Å². The van der Waals surface area contributed by atoms with Crippen LogP contribution in [0.5, 0.6) is 0 Å². The van der Waals surface area contributed by atoms with Gasteiger partial charge >= 0.3 is 11.9 Å². The minimum absolute atomic E-state index is 0.00757. The second-order valence-electron chi connectivity index (χ2n) is 17.7. The number of carboxylic acids is 1. The van der Waals surface area contributed by atoms with Gasteiger partial charge in [-0.15, -0.1) is 0 Å². The predicted octanol–water partition coefficient (Wildman–Crippen LogP) is 3.02. The van der Waals surface area contributed by atoms with Crippen LogP contribution in [-0.2, 0) is 28.5 Å². The SMILES string of the molecule is CC1OC(O[C@H]2/C=C/C=C/C=C/C=C/C=C/C=C/C=C/[C@H](C)[C@@H](O)[C@@H](C)[C@H](C)OC(=O)C[C@H](O)C[C@H](O)CC[C@@H](O)[C@H](O)CCC[C@]3(O)C[C@H](O)[C@@H](C(=O)O)[C@H](C2)O3)C(O)C(N)C1C. The number of allylic oxidation sites excluding steroid dienone is 12. The number of carbonyl (C=O) groups is 2. The maximum atomic E-state index is 12.6. The number of esters is 1. The summed E-state index contributed by atoms with van der Waals surface area (Å²) in [5.41, 5.74) is 6.28. The zero-order chi connectivity index (χ0) is 47.6. The molecule has 3 heterocycles. The summed E-state index contributed by atoms with van der Waals surface area (Å²) >= 11 is 0. The molecule has 0 aromatic carbocycles. The van der Waals surface area contributed by atoms with Crippen LogP contribution in [0.15, 0.2) is 85.1 Å². The summed E-state index contributed by atoms with van der Waals surface area (Å²) < 4.78 is 23.7. The standard InChI is InChI=1S/C48H75NO15/c1-29-19-16-14-12-10-8-6-7-9-11-13-15-17-20-36(63-47-45(57)43(49)30(2)32(4)62-47)27-40-42(46(58)59)39(54)28-48(60,64-40)24-18-21-37(52)38(53)23-22-34(50)25-35(51)26-41(55)61-33(5)31(3)44(29)56/h6-17,19-20,29-40,42-45,47,50-54,56-57,60H,18,21-28,49H2,1-5H3,(H,58,59)/b7-6+,10-8+,11-9+,14-12+,15-13+,19-16+,20-17+/t29-,30?,31-,32?,33-,34+,35+,36-,37+,38+,39-,40-,42+,43?,44+,45?,47?,48+/m0/s1. The van der Waals surface area contributed by atoms with Gasteiger partial charge in [-0.1, -0.05) is 106 Å². The Morgan fingerprint density at radius 1 is 0.703 bits per heavy atom. The van der Waals surface area contributed by atoms with Crippen LogP contribution >= 0.6 is 0 Å². The molecule has 3 aliphatic heterocycles. The number of rotatable bonds is 3. The maximum absolute atomic E-state index is 12.6. The van der Waals surface area contributed by atoms with Gasteiger partial charge in [0.25, 0.3) is 0 Å². The van der Waals surface area contributed by atoms with E-state index in [4.69, 9.17) is 24.7 Å². The third-order valence-electron chi connectivity index (χ3n) is 12.5. The molecule has 2 saturated heterocycles. The molecule has 3 rings (SSSR count). The van der Waals surface area contributed by atoms with E-state index in [1.165, 1.54) is 0 Å². The van der Waals surface area contributed by atoms with Crippen molar-refractivity contribution in [2.45, 2.75) is 178 Å². The summed E-state index contributed by atoms with van der Waals surface area (Å²) in [4.78, 5) is 25.1. The number of hydrogen-bond donors (Lipinski definition) is 10. The zero-order valence-corrected chi connectivity index (χ0v) is 37.8. The van der Waals surface area contributed by atoms with E-state index in [0.717, 1.165) is 0 Å². The number of aliphatic hydroxyl groups excluding tert-OH is 7. The van der Waals surface area contributed by atoms with Crippen LogP contribution < -0.4 is 5.73 Å². The van der Waals surface area contributed by atoms with Crippen molar-refractivity contribution in [3.63, 3.8) is 0 Å². The largest absolute Gasteiger partial charge is 0.481 e. The van der Waals surface area contributed by atoms with Crippen LogP contribution in [0.25, 0.3) is 0 Å². The summed E-state index contributed by atoms with van der Waals surface area (Å²) in [6.45, 7) is 8.93. The van der Waals surface area contributed by atoms with Crippen molar-refractivity contribution in [3.05, 3.63) is 85.1 Å². The van der Waals surface area contributed by atoms with Gasteiger partial charge in [0.2, 0.25) is 0 Å². The monoisotopic (exact) mass is 906 g/mol. The van der Waals surface area contributed by atoms with Crippen molar-refractivity contribution < 1.29 is 74.5 Å². The summed E-state index contributed by atoms with van der Waals surface area (Å²) in [5, 5.41) is 97.1. The average Bonchev–Trinajstić information content (AvgIpc) is 3.22. The first-order chi connectivity index (χ1) is 30.2. The highest BCUT2D eigenvalue weighted by molar-refractivity contribution is 5.71. The minimum Gasteiger partial charge on any atom is -0.481 e. The molecule has 16 heteroatoms. The van der Waals surface area contributed by atoms with Gasteiger partial charge in [-0.25, -0.2) is 0 Å². The van der Waals surface area contributed by atoms with Gasteiger partial charge in [-0.2, -0.15) is 0 Å². The molecule has 0 amide bonds. The van der Waals surface area contributed by atoms with Crippen molar-refractivity contribution >= 4 is 11.9 Å². The van der Waals surface area contributed by atoms with Crippen molar-refractivity contribution in [2.24, 2.45) is 29.4 Å². The van der Waals surface area contributed by atoms with Gasteiger partial charge in [0, 0.05) is 37.1 Å². The molecule has 5 unspecified atom stereocenters. The van der Waals surface area contributed by atoms with Crippen LogP contribution in [0.1, 0.15) is 92.4 Å². The number of hydrogen-bond acceptors (Lipinski definition) is 15. The lowest BCUT2D eigenvalue weighted by Gasteiger charge is -2.45. The second kappa shape index (κ2) is 27.3. The number of cyclic esters (lactones) is 1. The number of aliphatic hydroxyl groups is 8. The van der Waals surface area contributed by atoms with E-state index >= 15 is 0 Å². The number of carbonyl (C=O) groups excluding carboxylic acids is 1. The van der Waals surface area contributed by atoms with Crippen molar-refractivity contribution in [1.29, 1.82) is 0 Å². The average molecular weight is 906 g/mol. The number of nitrogens with two attached hydrogens (primary N) is 1. The van der Waals surface area contributed by atoms with E-state index in [9.17, 15) is 55.5 Å². The normalized spacial score (nSPS) is 44.8. The van der Waals surface area contributed by atoms with Crippen LogP contribution in [0, 0.1) is 23.7 Å². The lowest BCUT2D eigenvalue weighted by Crippen LogP contribution is -2.58. The molecule has 64 heavy (non-hydrogen) atoms. The van der Waals surface area contributed by atoms with E-state index in [-0.39, 0.29) is 62.9 Å². The van der Waals surface area contributed by atoms with Crippen LogP contribution in [0.3, 0.4) is 0 Å². The lowest BCUT2D eigenvalue weighted by molar-refractivity contribution is -0.302. The zero-order valence-electron chi connectivity index (χ0n) is 37.8. The molecule has 362 valence electrons. The Bertz CT molecular complexity index is 1630. The maximum Gasteiger partial charge on any atom is 0.311 e. The number of aliphatic carboxylic acids is 1. The Hall–Kier alpha value is -3.36. The van der Waals surface area contributed by atoms with E-state index in [0.29, 0.717) is 0 Å². The van der Waals surface area contributed by atoms with Gasteiger partial charge in [-0.3, -0.25) is 9.59 Å². The second-order valence-corrected chi connectivity index (χ2v) is 17.7. The van der Waals surface area contributed by atoms with E-state index in [1.54, 1.807) is 51.2 Å². The van der Waals surface area contributed by atoms with Gasteiger partial charge in [0.1, 0.15) is 18.1 Å². The summed E-state index contributed by atoms with van der Waals surface area (Å²) in [6, 6.07) is -0.673. The van der Waals surface area contributed by atoms with Crippen molar-refractivity contribution in [3.8, 4) is 0 Å². The highest BCUT2D eigenvalue weighted by atomic mass is 16.7. The quantitative estimate of drug-likeness (QED) is 0.182. The Balaban J connectivity index is 1.83. The topological polar surface area (TPSA) is 279 Å². The van der Waals surface area contributed by atoms with Gasteiger partial charge < -0.3 is 70.6 Å². The van der Waals surface area contributed by atoms with Crippen LogP contribution in [0.4, 0.5) is 0 Å². The molecule has 0 aromatic heterocycles. The van der Waals surface area contributed by atoms with Gasteiger partial charge in [0.05, 0.1) is 61.4 Å². The molecule has 0 saturated carbocycles. The first kappa shape index (κ1) is 55.0. The van der Waals surface area contributed by atoms with E-state index < -0.39 is 116 Å². The lowest BCUT2D eigenvalue weighted by atomic mass is 9.83. The molecule has 0 aromatic rings. The number of carboxylic acid groups (broad SMARTS) is 1. The molecular formula is C48H75NO15. The Labute approximate surface area is 377 Å². The molecule has 18 atom stereocenters.